The number of aryl methyl sites for hydroxylation is 1. The van der Waals surface area contributed by atoms with Crippen molar-refractivity contribution in [2.45, 2.75) is 32.4 Å². The van der Waals surface area contributed by atoms with Gasteiger partial charge in [0.05, 0.1) is 0 Å². The second-order valence-electron chi connectivity index (χ2n) is 7.65. The first-order valence-electron chi connectivity index (χ1n) is 9.35. The molecule has 0 saturated heterocycles. The van der Waals surface area contributed by atoms with Gasteiger partial charge in [-0.25, -0.2) is 0 Å². The zero-order chi connectivity index (χ0) is 20.4. The van der Waals surface area contributed by atoms with E-state index in [-0.39, 0.29) is 12.5 Å². The van der Waals surface area contributed by atoms with E-state index >= 15 is 0 Å². The number of rotatable bonds is 9. The molecule has 1 aliphatic rings. The van der Waals surface area contributed by atoms with Crippen LogP contribution in [0.2, 0.25) is 0 Å². The Bertz CT molecular complexity index is 862. The Balaban J connectivity index is 1.85. The van der Waals surface area contributed by atoms with Crippen molar-refractivity contribution < 1.29 is 14.7 Å². The van der Waals surface area contributed by atoms with Gasteiger partial charge in [0.1, 0.15) is 0 Å². The second kappa shape index (κ2) is 7.60. The number of nitrogens with one attached hydrogen (secondary N) is 1. The minimum atomic E-state index is -1.58. The van der Waals surface area contributed by atoms with Crippen LogP contribution >= 0.6 is 0 Å². The van der Waals surface area contributed by atoms with Gasteiger partial charge in [-0.15, -0.1) is 6.58 Å². The maximum Gasteiger partial charge on any atom is 0.320 e. The molecule has 0 aliphatic heterocycles. The maximum atomic E-state index is 12.0. The molecule has 0 aromatic heterocycles. The summed E-state index contributed by atoms with van der Waals surface area (Å²) in [4.78, 5) is 23.9. The number of hydrogen-bond acceptors (Lipinski definition) is 3. The lowest BCUT2D eigenvalue weighted by atomic mass is 9.84. The number of aliphatic carboxylic acids is 1. The first kappa shape index (κ1) is 19.8. The number of allylic oxidation sites excluding steroid dienone is 1. The van der Waals surface area contributed by atoms with E-state index in [1.165, 1.54) is 5.56 Å². The first-order valence-corrected chi connectivity index (χ1v) is 9.35. The van der Waals surface area contributed by atoms with Crippen LogP contribution in [0, 0.1) is 17.8 Å². The summed E-state index contributed by atoms with van der Waals surface area (Å²) in [6.45, 7) is 6.50. The second-order valence-corrected chi connectivity index (χ2v) is 7.65. The molecule has 0 spiro atoms. The van der Waals surface area contributed by atoms with E-state index in [9.17, 15) is 14.7 Å². The molecule has 1 fully saturated rings. The van der Waals surface area contributed by atoms with Crippen molar-refractivity contribution in [2.75, 3.05) is 0 Å². The summed E-state index contributed by atoms with van der Waals surface area (Å²) in [5.41, 5.74) is 6.42. The van der Waals surface area contributed by atoms with E-state index in [4.69, 9.17) is 5.73 Å². The summed E-state index contributed by atoms with van der Waals surface area (Å²) in [6, 6.07) is 17.9. The van der Waals surface area contributed by atoms with Gasteiger partial charge in [-0.05, 0) is 30.9 Å². The number of nitrogens with two attached hydrogens (primary N) is 1. The van der Waals surface area contributed by atoms with Gasteiger partial charge in [0.15, 0.2) is 5.41 Å². The summed E-state index contributed by atoms with van der Waals surface area (Å²) in [5, 5.41) is 13.2. The fourth-order valence-corrected chi connectivity index (χ4v) is 4.04. The average Bonchev–Trinajstić information content (AvgIpc) is 3.38. The summed E-state index contributed by atoms with van der Waals surface area (Å²) < 4.78 is 0. The molecule has 0 bridgehead atoms. The van der Waals surface area contributed by atoms with Crippen molar-refractivity contribution in [2.24, 2.45) is 16.6 Å². The number of primary amides is 1. The van der Waals surface area contributed by atoms with Crippen LogP contribution in [0.1, 0.15) is 35.6 Å². The fraction of sp³-hybridized carbons (Fsp3) is 0.304. The predicted molar refractivity (Wildman–Crippen MR) is 108 cm³/mol. The van der Waals surface area contributed by atoms with Gasteiger partial charge < -0.3 is 16.2 Å². The lowest BCUT2D eigenvalue weighted by molar-refractivity contribution is -0.149. The highest BCUT2D eigenvalue weighted by Gasteiger charge is 2.75. The van der Waals surface area contributed by atoms with E-state index in [0.29, 0.717) is 13.0 Å². The number of amides is 1. The average molecular weight is 378 g/mol. The Kier molecular flexibility index (Phi) is 5.38. The molecule has 1 aliphatic carbocycles. The van der Waals surface area contributed by atoms with Crippen molar-refractivity contribution in [3.63, 3.8) is 0 Å². The number of carboxylic acid groups (broad SMARTS) is 1. The molecule has 3 atom stereocenters. The first-order chi connectivity index (χ1) is 13.3. The van der Waals surface area contributed by atoms with E-state index in [1.807, 2.05) is 37.3 Å². The molecule has 2 aromatic carbocycles. The van der Waals surface area contributed by atoms with Crippen LogP contribution < -0.4 is 11.1 Å². The van der Waals surface area contributed by atoms with Gasteiger partial charge in [-0.1, -0.05) is 66.2 Å². The van der Waals surface area contributed by atoms with Gasteiger partial charge >= 0.3 is 5.97 Å². The van der Waals surface area contributed by atoms with Gasteiger partial charge in [0.2, 0.25) is 5.91 Å². The number of carbonyl (C=O) groups is 2. The van der Waals surface area contributed by atoms with Crippen LogP contribution in [0.15, 0.2) is 67.3 Å². The van der Waals surface area contributed by atoms with Crippen LogP contribution in [0.5, 0.6) is 0 Å². The normalized spacial score (nSPS) is 24.3. The van der Waals surface area contributed by atoms with Crippen molar-refractivity contribution in [3.8, 4) is 0 Å². The molecule has 4 N–H and O–H groups in total. The topological polar surface area (TPSA) is 92.4 Å². The largest absolute Gasteiger partial charge is 0.480 e. The molecule has 5 nitrogen and oxygen atoms in total. The monoisotopic (exact) mass is 378 g/mol. The van der Waals surface area contributed by atoms with E-state index < -0.39 is 22.7 Å². The minimum absolute atomic E-state index is 0.138. The molecule has 5 heteroatoms. The van der Waals surface area contributed by atoms with Crippen LogP contribution in [0.3, 0.4) is 0 Å². The van der Waals surface area contributed by atoms with E-state index in [0.717, 1.165) is 11.1 Å². The van der Waals surface area contributed by atoms with E-state index in [2.05, 4.69) is 36.2 Å². The standard InChI is InChI=1S/C23H26N2O3/c1-3-22(15-23(22,20(24)26)21(27)28)13-19(18-7-5-4-6-8-18)25-14-17-11-9-16(2)10-12-17/h3-12,19,25H,1,13-15H2,2H3,(H2,24,26)(H,27,28)/t19-,22+,23-/m0/s1. The quantitative estimate of drug-likeness (QED) is 0.461. The zero-order valence-corrected chi connectivity index (χ0v) is 16.0. The van der Waals surface area contributed by atoms with Crippen LogP contribution in [0.25, 0.3) is 0 Å². The van der Waals surface area contributed by atoms with Crippen LogP contribution in [-0.4, -0.2) is 17.0 Å². The third kappa shape index (κ3) is 3.45. The number of benzene rings is 2. The molecule has 0 radical (unpaired) electrons. The van der Waals surface area contributed by atoms with Gasteiger partial charge in [-0.2, -0.15) is 0 Å². The van der Waals surface area contributed by atoms with Gasteiger partial charge in [0.25, 0.3) is 0 Å². The molecule has 146 valence electrons. The fourth-order valence-electron chi connectivity index (χ4n) is 4.04. The molecular formula is C23H26N2O3. The van der Waals surface area contributed by atoms with E-state index in [1.54, 1.807) is 6.08 Å². The lowest BCUT2D eigenvalue weighted by Crippen LogP contribution is -2.38. The SMILES string of the molecule is C=C[C@@]1(C[C@H](NCc2ccc(C)cc2)c2ccccc2)C[C@]1(C(N)=O)C(=O)O. The Hall–Kier alpha value is -2.92. The third-order valence-corrected chi connectivity index (χ3v) is 5.93. The Morgan fingerprint density at radius 2 is 1.86 bits per heavy atom. The molecule has 1 amide bonds. The molecule has 0 unspecified atom stereocenters. The molecule has 0 heterocycles. The molecule has 2 aromatic rings. The number of carbonyl (C=O) groups excluding carboxylic acids is 1. The maximum absolute atomic E-state index is 12.0. The summed E-state index contributed by atoms with van der Waals surface area (Å²) >= 11 is 0. The smallest absolute Gasteiger partial charge is 0.320 e. The van der Waals surface area contributed by atoms with Gasteiger partial charge in [0, 0.05) is 18.0 Å². The van der Waals surface area contributed by atoms with Crippen LogP contribution in [0.4, 0.5) is 0 Å². The highest BCUT2D eigenvalue weighted by Crippen LogP contribution is 2.68. The van der Waals surface area contributed by atoms with Crippen molar-refractivity contribution in [1.82, 2.24) is 5.32 Å². The summed E-state index contributed by atoms with van der Waals surface area (Å²) in [5.74, 6) is -1.98. The van der Waals surface area contributed by atoms with Crippen LogP contribution in [-0.2, 0) is 16.1 Å². The Morgan fingerprint density at radius 1 is 1.21 bits per heavy atom. The molecule has 28 heavy (non-hydrogen) atoms. The Labute approximate surface area is 165 Å². The predicted octanol–water partition coefficient (Wildman–Crippen LogP) is 3.35. The van der Waals surface area contributed by atoms with Crippen molar-refractivity contribution in [3.05, 3.63) is 83.9 Å². The van der Waals surface area contributed by atoms with Crippen molar-refractivity contribution in [1.29, 1.82) is 0 Å². The minimum Gasteiger partial charge on any atom is -0.480 e. The third-order valence-electron chi connectivity index (χ3n) is 5.93. The summed E-state index contributed by atoms with van der Waals surface area (Å²) in [7, 11) is 0. The van der Waals surface area contributed by atoms with Crippen molar-refractivity contribution >= 4 is 11.9 Å². The summed E-state index contributed by atoms with van der Waals surface area (Å²) in [6.07, 6.45) is 2.21. The highest BCUT2D eigenvalue weighted by atomic mass is 16.4. The Morgan fingerprint density at radius 3 is 2.36 bits per heavy atom. The molecule has 1 saturated carbocycles. The number of hydrogen-bond donors (Lipinski definition) is 3. The number of carboxylic acids is 1. The van der Waals surface area contributed by atoms with Gasteiger partial charge in [-0.3, -0.25) is 9.59 Å². The highest BCUT2D eigenvalue weighted by molar-refractivity contribution is 6.06. The zero-order valence-electron chi connectivity index (χ0n) is 16.0. The molecular weight excluding hydrogens is 352 g/mol. The lowest BCUT2D eigenvalue weighted by Gasteiger charge is -2.26. The molecule has 3 rings (SSSR count).